The molecule has 3 aromatic rings. The molecule has 3 rings (SSSR count). The van der Waals surface area contributed by atoms with Crippen molar-refractivity contribution >= 4 is 12.2 Å². The molecule has 0 N–H and O–H groups in total. The van der Waals surface area contributed by atoms with Crippen molar-refractivity contribution in [1.29, 1.82) is 0 Å². The smallest absolute Gasteiger partial charge is 0.419 e. The maximum absolute atomic E-state index is 12.6. The number of hydrogen-bond donors (Lipinski definition) is 0. The quantitative estimate of drug-likeness (QED) is 0.546. The fourth-order valence-electron chi connectivity index (χ4n) is 2.61. The van der Waals surface area contributed by atoms with Crippen molar-refractivity contribution in [2.75, 3.05) is 0 Å². The molecule has 0 aliphatic rings. The van der Waals surface area contributed by atoms with Gasteiger partial charge in [-0.1, -0.05) is 91.0 Å². The first kappa shape index (κ1) is 20.1. The van der Waals surface area contributed by atoms with Crippen LogP contribution in [0.1, 0.15) is 16.7 Å². The molecule has 0 spiro atoms. The van der Waals surface area contributed by atoms with Crippen LogP contribution < -0.4 is 0 Å². The summed E-state index contributed by atoms with van der Waals surface area (Å²) in [5.74, 6) is 0. The number of nitrogens with zero attached hydrogens (tertiary/aromatic N) is 1. The first-order valence-corrected chi connectivity index (χ1v) is 9.30. The van der Waals surface area contributed by atoms with Crippen molar-refractivity contribution in [1.82, 2.24) is 4.90 Å². The monoisotopic (exact) mass is 388 g/mol. The largest absolute Gasteiger partial charge is 0.444 e. The van der Waals surface area contributed by atoms with E-state index in [0.29, 0.717) is 6.42 Å². The van der Waals surface area contributed by atoms with E-state index < -0.39 is 12.2 Å². The van der Waals surface area contributed by atoms with Gasteiger partial charge in [-0.05, 0) is 23.1 Å². The van der Waals surface area contributed by atoms with Crippen molar-refractivity contribution in [3.05, 3.63) is 114 Å². The normalized spacial score (nSPS) is 10.2. The lowest BCUT2D eigenvalue weighted by atomic mass is 10.1. The molecule has 0 heterocycles. The Hall–Kier alpha value is -3.60. The van der Waals surface area contributed by atoms with Gasteiger partial charge in [0.1, 0.15) is 13.2 Å². The predicted molar refractivity (Wildman–Crippen MR) is 110 cm³/mol. The zero-order valence-electron chi connectivity index (χ0n) is 15.9. The van der Waals surface area contributed by atoms with Crippen LogP contribution in [-0.4, -0.2) is 17.1 Å². The Morgan fingerprint density at radius 3 is 1.41 bits per heavy atom. The Kier molecular flexibility index (Phi) is 7.41. The number of imide groups is 1. The lowest BCUT2D eigenvalue weighted by molar-refractivity contribution is 0.0779. The summed E-state index contributed by atoms with van der Waals surface area (Å²) in [7, 11) is 0. The van der Waals surface area contributed by atoms with Crippen molar-refractivity contribution in [2.24, 2.45) is 0 Å². The van der Waals surface area contributed by atoms with Crippen LogP contribution in [0.2, 0.25) is 0 Å². The van der Waals surface area contributed by atoms with E-state index in [4.69, 9.17) is 9.47 Å². The van der Waals surface area contributed by atoms with Crippen LogP contribution in [-0.2, 0) is 29.1 Å². The van der Waals surface area contributed by atoms with E-state index in [1.807, 2.05) is 91.0 Å². The van der Waals surface area contributed by atoms with Gasteiger partial charge in [0.05, 0.1) is 6.54 Å². The van der Waals surface area contributed by atoms with Crippen LogP contribution in [0.5, 0.6) is 0 Å². The molecule has 0 saturated heterocycles. The molecule has 5 heteroatoms. The zero-order valence-corrected chi connectivity index (χ0v) is 15.9. The molecule has 0 atom stereocenters. The summed E-state index contributed by atoms with van der Waals surface area (Å²) >= 11 is 0. The van der Waals surface area contributed by atoms with Gasteiger partial charge in [0, 0.05) is 0 Å². The van der Waals surface area contributed by atoms with Crippen LogP contribution in [0.4, 0.5) is 9.59 Å². The molecule has 0 aromatic heterocycles. The second-order valence-electron chi connectivity index (χ2n) is 6.32. The lowest BCUT2D eigenvalue weighted by Gasteiger charge is -2.19. The molecule has 0 aliphatic carbocycles. The van der Waals surface area contributed by atoms with E-state index in [2.05, 4.69) is 0 Å². The minimum Gasteiger partial charge on any atom is -0.444 e. The van der Waals surface area contributed by atoms with Gasteiger partial charge in [0.15, 0.2) is 0 Å². The second kappa shape index (κ2) is 10.7. The third-order valence-corrected chi connectivity index (χ3v) is 4.16. The summed E-state index contributed by atoms with van der Waals surface area (Å²) < 4.78 is 10.6. The van der Waals surface area contributed by atoms with Gasteiger partial charge in [0.25, 0.3) is 0 Å². The molecule has 0 unspecified atom stereocenters. The van der Waals surface area contributed by atoms with Gasteiger partial charge >= 0.3 is 12.2 Å². The minimum atomic E-state index is -0.775. The molecular formula is C24H22NO4. The first-order valence-electron chi connectivity index (χ1n) is 9.30. The highest BCUT2D eigenvalue weighted by Gasteiger charge is 2.25. The summed E-state index contributed by atoms with van der Waals surface area (Å²) in [6.45, 7) is 1.62. The number of carbonyl (C=O) groups is 2. The Morgan fingerprint density at radius 2 is 1.00 bits per heavy atom. The number of carbonyl (C=O) groups excluding carboxylic acids is 2. The van der Waals surface area contributed by atoms with Crippen molar-refractivity contribution in [2.45, 2.75) is 19.6 Å². The third-order valence-electron chi connectivity index (χ3n) is 4.16. The number of amides is 2. The molecule has 2 amide bonds. The van der Waals surface area contributed by atoms with E-state index in [1.54, 1.807) is 0 Å². The minimum absolute atomic E-state index is 0.0707. The molecule has 0 bridgehead atoms. The van der Waals surface area contributed by atoms with Gasteiger partial charge in [-0.15, -0.1) is 0 Å². The van der Waals surface area contributed by atoms with Crippen LogP contribution >= 0.6 is 0 Å². The molecular weight excluding hydrogens is 366 g/mol. The molecule has 5 nitrogen and oxygen atoms in total. The summed E-state index contributed by atoms with van der Waals surface area (Å²) in [4.78, 5) is 26.0. The van der Waals surface area contributed by atoms with Crippen LogP contribution in [0.25, 0.3) is 0 Å². The second-order valence-corrected chi connectivity index (χ2v) is 6.32. The van der Waals surface area contributed by atoms with E-state index in [9.17, 15) is 9.59 Å². The highest BCUT2D eigenvalue weighted by atomic mass is 16.6. The third kappa shape index (κ3) is 6.50. The summed E-state index contributed by atoms with van der Waals surface area (Å²) in [5, 5.41) is 0. The van der Waals surface area contributed by atoms with Gasteiger partial charge < -0.3 is 9.47 Å². The van der Waals surface area contributed by atoms with E-state index in [0.717, 1.165) is 21.6 Å². The standard InChI is InChI=1S/C24H22NO4/c26-23(28-18-21-12-6-2-7-13-21)25(17-16-20-10-4-1-5-11-20)24(27)29-19-22-14-8-3-9-15-22/h1-15,17H,16,18-19H2. The van der Waals surface area contributed by atoms with Gasteiger partial charge in [-0.2, -0.15) is 0 Å². The fourth-order valence-corrected chi connectivity index (χ4v) is 2.61. The van der Waals surface area contributed by atoms with E-state index >= 15 is 0 Å². The Morgan fingerprint density at radius 1 is 0.621 bits per heavy atom. The average molecular weight is 388 g/mol. The molecule has 1 radical (unpaired) electrons. The lowest BCUT2D eigenvalue weighted by Crippen LogP contribution is -2.36. The molecule has 3 aromatic carbocycles. The topological polar surface area (TPSA) is 55.8 Å². The SMILES string of the molecule is O=C(OCc1ccccc1)N([CH]Cc1ccccc1)C(=O)OCc1ccccc1. The number of ether oxygens (including phenoxy) is 2. The van der Waals surface area contributed by atoms with Crippen molar-refractivity contribution in [3.8, 4) is 0 Å². The maximum atomic E-state index is 12.6. The Bertz CT molecular complexity index is 842. The van der Waals surface area contributed by atoms with Gasteiger partial charge in [0.2, 0.25) is 0 Å². The summed E-state index contributed by atoms with van der Waals surface area (Å²) in [6, 6.07) is 28.1. The molecule has 29 heavy (non-hydrogen) atoms. The van der Waals surface area contributed by atoms with Crippen LogP contribution in [0, 0.1) is 6.54 Å². The van der Waals surface area contributed by atoms with Crippen LogP contribution in [0.15, 0.2) is 91.0 Å². The maximum Gasteiger partial charge on any atom is 0.419 e. The number of rotatable bonds is 7. The molecule has 0 fully saturated rings. The van der Waals surface area contributed by atoms with E-state index in [1.165, 1.54) is 6.54 Å². The average Bonchev–Trinajstić information content (AvgIpc) is 2.78. The molecule has 0 saturated carbocycles. The zero-order chi connectivity index (χ0) is 20.3. The van der Waals surface area contributed by atoms with Crippen molar-refractivity contribution < 1.29 is 19.1 Å². The number of benzene rings is 3. The summed E-state index contributed by atoms with van der Waals surface area (Å²) in [5.41, 5.74) is 2.63. The highest BCUT2D eigenvalue weighted by molar-refractivity contribution is 5.88. The van der Waals surface area contributed by atoms with Crippen molar-refractivity contribution in [3.63, 3.8) is 0 Å². The van der Waals surface area contributed by atoms with E-state index in [-0.39, 0.29) is 13.2 Å². The highest BCUT2D eigenvalue weighted by Crippen LogP contribution is 2.12. The molecule has 0 aliphatic heterocycles. The molecule has 147 valence electrons. The Balaban J connectivity index is 1.62. The van der Waals surface area contributed by atoms with Gasteiger partial charge in [-0.25, -0.2) is 14.5 Å². The first-order chi connectivity index (χ1) is 14.2. The predicted octanol–water partition coefficient (Wildman–Crippen LogP) is 5.37. The summed E-state index contributed by atoms with van der Waals surface area (Å²) in [6.07, 6.45) is -1.16. The van der Waals surface area contributed by atoms with Gasteiger partial charge in [-0.3, -0.25) is 0 Å². The Labute approximate surface area is 170 Å². The fraction of sp³-hybridized carbons (Fsp3) is 0.125. The number of hydrogen-bond acceptors (Lipinski definition) is 4. The van der Waals surface area contributed by atoms with Crippen LogP contribution in [0.3, 0.4) is 0 Å².